The molecule has 2 N–H and O–H groups in total. The second-order valence-corrected chi connectivity index (χ2v) is 8.03. The zero-order chi connectivity index (χ0) is 18.9. The summed E-state index contributed by atoms with van der Waals surface area (Å²) in [5, 5.41) is 19.7. The van der Waals surface area contributed by atoms with Crippen LogP contribution in [0.2, 0.25) is 5.02 Å². The second-order valence-electron chi connectivity index (χ2n) is 7.59. The summed E-state index contributed by atoms with van der Waals surface area (Å²) in [5.41, 5.74) is 1.21. The average Bonchev–Trinajstić information content (AvgIpc) is 3.09. The van der Waals surface area contributed by atoms with E-state index in [1.165, 1.54) is 0 Å². The van der Waals surface area contributed by atoms with Gasteiger partial charge in [-0.15, -0.1) is 6.42 Å². The van der Waals surface area contributed by atoms with Crippen molar-refractivity contribution in [1.82, 2.24) is 15.1 Å². The summed E-state index contributed by atoms with van der Waals surface area (Å²) >= 11 is 6.23. The van der Waals surface area contributed by atoms with Gasteiger partial charge in [-0.1, -0.05) is 31.4 Å². The summed E-state index contributed by atoms with van der Waals surface area (Å²) < 4.78 is 0. The molecule has 0 bridgehead atoms. The molecule has 0 spiro atoms. The Bertz CT molecular complexity index is 844. The predicted octanol–water partition coefficient (Wildman–Crippen LogP) is 3.54. The van der Waals surface area contributed by atoms with E-state index in [1.54, 1.807) is 12.3 Å². The summed E-state index contributed by atoms with van der Waals surface area (Å²) in [7, 11) is 0. The number of hydrogen-bond donors (Lipinski definition) is 2. The number of amides is 1. The fraction of sp³-hybridized carbons (Fsp3) is 0.500. The van der Waals surface area contributed by atoms with Gasteiger partial charge >= 0.3 is 0 Å². The van der Waals surface area contributed by atoms with E-state index in [4.69, 9.17) is 18.0 Å². The number of aromatic amines is 1. The highest BCUT2D eigenvalue weighted by molar-refractivity contribution is 6.31. The third-order valence-corrected chi connectivity index (χ3v) is 5.91. The van der Waals surface area contributed by atoms with Gasteiger partial charge in [0.25, 0.3) is 0 Å². The van der Waals surface area contributed by atoms with Crippen LogP contribution in [0.1, 0.15) is 44.8 Å². The largest absolute Gasteiger partial charge is 0.388 e. The number of aromatic nitrogens is 2. The number of benzene rings is 1. The first-order valence-electron chi connectivity index (χ1n) is 8.86. The molecule has 2 aromatic rings. The quantitative estimate of drug-likeness (QED) is 0.805. The number of terminal acetylenes is 1. The normalized spacial score (nSPS) is 17.3. The molecule has 138 valence electrons. The van der Waals surface area contributed by atoms with Gasteiger partial charge in [0.1, 0.15) is 0 Å². The number of halogens is 1. The maximum absolute atomic E-state index is 12.0. The number of carbonyl (C=O) groups is 1. The molecular formula is C20H24ClN3O2. The first kappa shape index (κ1) is 18.8. The topological polar surface area (TPSA) is 69.2 Å². The zero-order valence-corrected chi connectivity index (χ0v) is 15.9. The number of hydrogen-bond acceptors (Lipinski definition) is 3. The van der Waals surface area contributed by atoms with E-state index in [-0.39, 0.29) is 23.7 Å². The molecule has 1 aliphatic rings. The van der Waals surface area contributed by atoms with E-state index in [0.717, 1.165) is 29.3 Å². The van der Waals surface area contributed by atoms with Crippen LogP contribution in [0, 0.1) is 23.7 Å². The third-order valence-electron chi connectivity index (χ3n) is 5.70. The van der Waals surface area contributed by atoms with Crippen LogP contribution in [0.5, 0.6) is 0 Å². The summed E-state index contributed by atoms with van der Waals surface area (Å²) in [4.78, 5) is 13.8. The van der Waals surface area contributed by atoms with Gasteiger partial charge in [-0.2, -0.15) is 5.10 Å². The van der Waals surface area contributed by atoms with Gasteiger partial charge in [0.2, 0.25) is 5.91 Å². The summed E-state index contributed by atoms with van der Waals surface area (Å²) in [5.74, 6) is 2.71. The van der Waals surface area contributed by atoms with Crippen molar-refractivity contribution >= 4 is 28.4 Å². The Morgan fingerprint density at radius 2 is 2.19 bits per heavy atom. The van der Waals surface area contributed by atoms with Crippen LogP contribution in [0.25, 0.3) is 10.9 Å². The Balaban J connectivity index is 1.79. The lowest BCUT2D eigenvalue weighted by molar-refractivity contribution is -0.132. The maximum atomic E-state index is 12.0. The minimum Gasteiger partial charge on any atom is -0.388 e. The van der Waals surface area contributed by atoms with Gasteiger partial charge in [0.15, 0.2) is 0 Å². The summed E-state index contributed by atoms with van der Waals surface area (Å²) in [6.45, 7) is 5.50. The Kier molecular flexibility index (Phi) is 5.27. The van der Waals surface area contributed by atoms with Crippen molar-refractivity contribution in [3.8, 4) is 12.3 Å². The highest BCUT2D eigenvalue weighted by Crippen LogP contribution is 2.46. The molecule has 6 heteroatoms. The molecule has 0 radical (unpaired) electrons. The smallest absolute Gasteiger partial charge is 0.234 e. The molecule has 1 atom stereocenters. The number of piperidine rings is 1. The lowest BCUT2D eigenvalue weighted by Gasteiger charge is -2.43. The number of fused-ring (bicyclic) bond motifs is 1. The Hall–Kier alpha value is -2.03. The summed E-state index contributed by atoms with van der Waals surface area (Å²) in [6.07, 6.45) is 8.08. The van der Waals surface area contributed by atoms with Crippen molar-refractivity contribution in [3.63, 3.8) is 0 Å². The SMILES string of the molecule is C#CCC(=O)N1CCC(C(C)(C)[C@@H](O)c2cc(Cl)cc3cn[nH]c23)CC1. The van der Waals surface area contributed by atoms with Crippen LogP contribution in [0.3, 0.4) is 0 Å². The molecule has 1 aromatic carbocycles. The summed E-state index contributed by atoms with van der Waals surface area (Å²) in [6, 6.07) is 3.64. The van der Waals surface area contributed by atoms with Crippen molar-refractivity contribution in [2.24, 2.45) is 11.3 Å². The van der Waals surface area contributed by atoms with Gasteiger partial charge < -0.3 is 10.0 Å². The number of rotatable bonds is 4. The van der Waals surface area contributed by atoms with Crippen molar-refractivity contribution < 1.29 is 9.90 Å². The van der Waals surface area contributed by atoms with Crippen LogP contribution in [-0.2, 0) is 4.79 Å². The fourth-order valence-electron chi connectivity index (χ4n) is 3.96. The van der Waals surface area contributed by atoms with Crippen LogP contribution in [-0.4, -0.2) is 39.2 Å². The number of nitrogens with zero attached hydrogens (tertiary/aromatic N) is 2. The van der Waals surface area contributed by atoms with E-state index < -0.39 is 6.10 Å². The molecule has 26 heavy (non-hydrogen) atoms. The Morgan fingerprint density at radius 1 is 1.50 bits per heavy atom. The van der Waals surface area contributed by atoms with Gasteiger partial charge in [0.05, 0.1) is 24.2 Å². The molecule has 1 amide bonds. The molecule has 0 saturated carbocycles. The Labute approximate surface area is 158 Å². The molecule has 1 aromatic heterocycles. The van der Waals surface area contributed by atoms with Crippen molar-refractivity contribution in [1.29, 1.82) is 0 Å². The van der Waals surface area contributed by atoms with Crippen LogP contribution >= 0.6 is 11.6 Å². The molecule has 0 unspecified atom stereocenters. The molecule has 3 rings (SSSR count). The molecular weight excluding hydrogens is 350 g/mol. The number of aliphatic hydroxyl groups is 1. The number of likely N-dealkylation sites (tertiary alicyclic amines) is 1. The standard InChI is InChI=1S/C20H24ClN3O2/c1-4-5-17(25)24-8-6-14(7-9-24)20(2,3)19(26)16-11-15(21)10-13-12-22-23-18(13)16/h1,10-12,14,19,26H,5-9H2,2-3H3,(H,22,23)/t19-/m0/s1. The number of H-pyrrole nitrogens is 1. The number of aliphatic hydroxyl groups excluding tert-OH is 1. The lowest BCUT2D eigenvalue weighted by Crippen LogP contribution is -2.43. The van der Waals surface area contributed by atoms with Crippen molar-refractivity contribution in [2.45, 2.75) is 39.2 Å². The lowest BCUT2D eigenvalue weighted by atomic mass is 9.68. The minimum absolute atomic E-state index is 0.0123. The van der Waals surface area contributed by atoms with Gasteiger partial charge in [-0.25, -0.2) is 0 Å². The first-order chi connectivity index (χ1) is 12.3. The van der Waals surface area contributed by atoms with E-state index in [2.05, 4.69) is 30.0 Å². The Morgan fingerprint density at radius 3 is 2.85 bits per heavy atom. The van der Waals surface area contributed by atoms with Crippen molar-refractivity contribution in [3.05, 3.63) is 28.9 Å². The molecule has 1 saturated heterocycles. The average molecular weight is 374 g/mol. The van der Waals surface area contributed by atoms with E-state index >= 15 is 0 Å². The second kappa shape index (κ2) is 7.30. The molecule has 2 heterocycles. The monoisotopic (exact) mass is 373 g/mol. The highest BCUT2D eigenvalue weighted by atomic mass is 35.5. The predicted molar refractivity (Wildman–Crippen MR) is 103 cm³/mol. The van der Waals surface area contributed by atoms with Crippen LogP contribution in [0.15, 0.2) is 18.3 Å². The van der Waals surface area contributed by atoms with Gasteiger partial charge in [0, 0.05) is 29.1 Å². The van der Waals surface area contributed by atoms with E-state index in [1.807, 2.05) is 11.0 Å². The molecule has 5 nitrogen and oxygen atoms in total. The third kappa shape index (κ3) is 3.44. The maximum Gasteiger partial charge on any atom is 0.234 e. The first-order valence-corrected chi connectivity index (χ1v) is 9.24. The van der Waals surface area contributed by atoms with Gasteiger partial charge in [-0.05, 0) is 36.3 Å². The fourth-order valence-corrected chi connectivity index (χ4v) is 4.19. The van der Waals surface area contributed by atoms with Gasteiger partial charge in [-0.3, -0.25) is 9.89 Å². The molecule has 1 aliphatic heterocycles. The molecule has 1 fully saturated rings. The highest BCUT2D eigenvalue weighted by Gasteiger charge is 2.40. The molecule has 0 aliphatic carbocycles. The van der Waals surface area contributed by atoms with Crippen molar-refractivity contribution in [2.75, 3.05) is 13.1 Å². The number of nitrogens with one attached hydrogen (secondary N) is 1. The minimum atomic E-state index is -0.692. The van der Waals surface area contributed by atoms with E-state index in [9.17, 15) is 9.90 Å². The van der Waals surface area contributed by atoms with Crippen LogP contribution in [0.4, 0.5) is 0 Å². The van der Waals surface area contributed by atoms with E-state index in [0.29, 0.717) is 18.1 Å². The number of carbonyl (C=O) groups excluding carboxylic acids is 1. The van der Waals surface area contributed by atoms with Crippen LogP contribution < -0.4 is 0 Å². The zero-order valence-electron chi connectivity index (χ0n) is 15.1.